The number of nitrogens with zero attached hydrogens (tertiary/aromatic N) is 1. The third-order valence-electron chi connectivity index (χ3n) is 0.706. The summed E-state index contributed by atoms with van der Waals surface area (Å²) in [5.41, 5.74) is 2.19. The molecular weight excluding hydrogens is 102 g/mol. The molecule has 7 heavy (non-hydrogen) atoms. The predicted molar refractivity (Wildman–Crippen MR) is 37.6 cm³/mol. The molecule has 0 aliphatic carbocycles. The smallest absolute Gasteiger partial charge is 0.0287 e. The minimum absolute atomic E-state index is 1.09. The van der Waals surface area contributed by atoms with Crippen molar-refractivity contribution in [2.75, 3.05) is 20.6 Å². The van der Waals surface area contributed by atoms with Crippen molar-refractivity contribution in [3.63, 3.8) is 0 Å². The second-order valence-electron chi connectivity index (χ2n) is 1.83. The van der Waals surface area contributed by atoms with Crippen molar-refractivity contribution in [2.45, 2.75) is 0 Å². The number of hydrogen-bond donors (Lipinski definition) is 0. The maximum absolute atomic E-state index is 2.19. The molecule has 0 bridgehead atoms. The van der Waals surface area contributed by atoms with Crippen LogP contribution in [0.5, 0.6) is 0 Å². The highest BCUT2D eigenvalue weighted by molar-refractivity contribution is 6.16. The fourth-order valence-corrected chi connectivity index (χ4v) is 0.527. The molecule has 0 aromatic carbocycles. The van der Waals surface area contributed by atoms with E-state index in [4.69, 9.17) is 0 Å². The van der Waals surface area contributed by atoms with Crippen molar-refractivity contribution < 1.29 is 0 Å². The lowest BCUT2D eigenvalue weighted by atomic mass is 10.6. The van der Waals surface area contributed by atoms with Crippen molar-refractivity contribution in [1.29, 1.82) is 0 Å². The molecule has 0 unspecified atom stereocenters. The predicted octanol–water partition coefficient (Wildman–Crippen LogP) is -0.573. The lowest BCUT2D eigenvalue weighted by Gasteiger charge is -2.02. The maximum atomic E-state index is 2.19. The van der Waals surface area contributed by atoms with Gasteiger partial charge in [-0.1, -0.05) is 6.08 Å². The van der Waals surface area contributed by atoms with Gasteiger partial charge in [0, 0.05) is 16.8 Å². The van der Waals surface area contributed by atoms with Gasteiger partial charge >= 0.3 is 0 Å². The minimum Gasteiger partial charge on any atom is -0.306 e. The van der Waals surface area contributed by atoms with Crippen LogP contribution in [0.15, 0.2) is 11.8 Å². The molecule has 0 N–H and O–H groups in total. The Balaban J connectivity index is 2.97. The van der Waals surface area contributed by atoms with E-state index in [0.717, 1.165) is 6.54 Å². The van der Waals surface area contributed by atoms with Crippen LogP contribution < -0.4 is 0 Å². The van der Waals surface area contributed by atoms with E-state index in [2.05, 4.69) is 30.8 Å². The van der Waals surface area contributed by atoms with Crippen LogP contribution in [-0.2, 0) is 0 Å². The second kappa shape index (κ2) is 4.09. The Bertz CT molecular complexity index is 59.1. The van der Waals surface area contributed by atoms with Crippen LogP contribution in [0.2, 0.25) is 0 Å². The van der Waals surface area contributed by atoms with E-state index in [0.29, 0.717) is 0 Å². The molecule has 0 saturated carbocycles. The van der Waals surface area contributed by atoms with E-state index in [1.165, 1.54) is 10.2 Å². The fourth-order valence-electron chi connectivity index (χ4n) is 0.316. The van der Waals surface area contributed by atoms with E-state index in [-0.39, 0.29) is 0 Å². The zero-order chi connectivity index (χ0) is 5.70. The topological polar surface area (TPSA) is 3.24 Å². The van der Waals surface area contributed by atoms with Gasteiger partial charge in [-0.05, 0) is 14.1 Å². The lowest BCUT2D eigenvalue weighted by molar-refractivity contribution is 0.457. The first-order chi connectivity index (χ1) is 3.27. The van der Waals surface area contributed by atoms with Crippen LogP contribution in [0.25, 0.3) is 0 Å². The molecule has 1 nitrogen and oxygen atoms in total. The molecule has 0 fully saturated rings. The molecule has 0 heterocycles. The monoisotopic (exact) mass is 115 g/mol. The molecule has 0 spiro atoms. The summed E-state index contributed by atoms with van der Waals surface area (Å²) in [5, 5.41) is 0. The van der Waals surface area contributed by atoms with Gasteiger partial charge in [-0.2, -0.15) is 0 Å². The summed E-state index contributed by atoms with van der Waals surface area (Å²) in [5.74, 6) is 0. The molecule has 0 aromatic heterocycles. The number of rotatable bonds is 2. The fraction of sp³-hybridized carbons (Fsp3) is 0.600. The molecule has 0 radical (unpaired) electrons. The summed E-state index contributed by atoms with van der Waals surface area (Å²) >= 11 is 0. The molecule has 0 saturated heterocycles. The molecule has 2 heteroatoms. The highest BCUT2D eigenvalue weighted by Gasteiger charge is 1.77. The Labute approximate surface area is 48.4 Å². The van der Waals surface area contributed by atoms with Gasteiger partial charge < -0.3 is 4.90 Å². The van der Waals surface area contributed by atoms with Crippen LogP contribution in [0.3, 0.4) is 0 Å². The first-order valence-corrected chi connectivity index (χ1v) is 3.68. The van der Waals surface area contributed by atoms with Crippen molar-refractivity contribution in [3.8, 4) is 0 Å². The number of likely N-dealkylation sites (N-methyl/N-ethyl adjacent to an activating group) is 1. The quantitative estimate of drug-likeness (QED) is 0.436. The van der Waals surface area contributed by atoms with E-state index < -0.39 is 0 Å². The van der Waals surface area contributed by atoms with Crippen molar-refractivity contribution in [1.82, 2.24) is 4.90 Å². The Kier molecular flexibility index (Phi) is 4.04. The van der Waals surface area contributed by atoms with Crippen LogP contribution in [0, 0.1) is 0 Å². The zero-order valence-corrected chi connectivity index (χ0v) is 7.31. The van der Waals surface area contributed by atoms with E-state index in [1.807, 2.05) is 0 Å². The molecule has 0 amide bonds. The van der Waals surface area contributed by atoms with Gasteiger partial charge in [0.05, 0.1) is 0 Å². The first kappa shape index (κ1) is 6.92. The summed E-state index contributed by atoms with van der Waals surface area (Å²) in [6, 6.07) is 0. The highest BCUT2D eigenvalue weighted by Crippen LogP contribution is 1.72. The average Bonchev–Trinajstić information content (AvgIpc) is 1.61. The Morgan fingerprint density at radius 1 is 1.57 bits per heavy atom. The van der Waals surface area contributed by atoms with Gasteiger partial charge in [0.1, 0.15) is 0 Å². The lowest BCUT2D eigenvalue weighted by Crippen LogP contribution is -2.10. The SMILES string of the molecule is CN(C)CC=C[SiH3]. The van der Waals surface area contributed by atoms with E-state index in [1.54, 1.807) is 0 Å². The maximum Gasteiger partial charge on any atom is 0.0287 e. The minimum atomic E-state index is 1.09. The summed E-state index contributed by atoms with van der Waals surface area (Å²) in [7, 11) is 5.33. The molecule has 0 aliphatic heterocycles. The summed E-state index contributed by atoms with van der Waals surface area (Å²) in [6.45, 7) is 1.09. The van der Waals surface area contributed by atoms with Crippen molar-refractivity contribution >= 4 is 10.2 Å². The van der Waals surface area contributed by atoms with E-state index >= 15 is 0 Å². The van der Waals surface area contributed by atoms with Crippen molar-refractivity contribution in [3.05, 3.63) is 11.8 Å². The molecule has 0 aromatic rings. The van der Waals surface area contributed by atoms with Gasteiger partial charge in [0.2, 0.25) is 0 Å². The highest BCUT2D eigenvalue weighted by atomic mass is 28.1. The van der Waals surface area contributed by atoms with Gasteiger partial charge in [-0.3, -0.25) is 0 Å². The van der Waals surface area contributed by atoms with Crippen LogP contribution in [-0.4, -0.2) is 35.8 Å². The average molecular weight is 115 g/mol. The second-order valence-corrected chi connectivity index (χ2v) is 2.50. The Morgan fingerprint density at radius 3 is 2.29 bits per heavy atom. The molecule has 0 atom stereocenters. The summed E-state index contributed by atoms with van der Waals surface area (Å²) < 4.78 is 0. The zero-order valence-electron chi connectivity index (χ0n) is 5.31. The normalized spacial score (nSPS) is 11.9. The van der Waals surface area contributed by atoms with Crippen LogP contribution in [0.4, 0.5) is 0 Å². The molecule has 0 rings (SSSR count). The van der Waals surface area contributed by atoms with Crippen LogP contribution in [0.1, 0.15) is 0 Å². The largest absolute Gasteiger partial charge is 0.306 e. The summed E-state index contributed by atoms with van der Waals surface area (Å²) in [6.07, 6.45) is 2.19. The standard InChI is InChI=1S/C5H13NSi/c1-6(2)4-3-5-7/h3,5H,4H2,1-2,7H3. The van der Waals surface area contributed by atoms with Gasteiger partial charge in [0.25, 0.3) is 0 Å². The van der Waals surface area contributed by atoms with Gasteiger partial charge in [-0.25, -0.2) is 0 Å². The Morgan fingerprint density at radius 2 is 2.14 bits per heavy atom. The van der Waals surface area contributed by atoms with Crippen LogP contribution >= 0.6 is 0 Å². The molecule has 0 aliphatic rings. The third kappa shape index (κ3) is 5.92. The first-order valence-electron chi connectivity index (χ1n) is 2.53. The number of hydrogen-bond acceptors (Lipinski definition) is 1. The van der Waals surface area contributed by atoms with E-state index in [9.17, 15) is 0 Å². The summed E-state index contributed by atoms with van der Waals surface area (Å²) in [4.78, 5) is 2.15. The molecular formula is C5H13NSi. The molecule has 42 valence electrons. The third-order valence-corrected chi connectivity index (χ3v) is 1.18. The Hall–Kier alpha value is -0.0831. The van der Waals surface area contributed by atoms with Crippen molar-refractivity contribution in [2.24, 2.45) is 0 Å². The van der Waals surface area contributed by atoms with Gasteiger partial charge in [0.15, 0.2) is 0 Å². The van der Waals surface area contributed by atoms with Gasteiger partial charge in [-0.15, -0.1) is 5.70 Å².